The van der Waals surface area contributed by atoms with Crippen molar-refractivity contribution < 1.29 is 0 Å². The molecule has 104 valence electrons. The Bertz CT molecular complexity index is 323. The van der Waals surface area contributed by atoms with Crippen molar-refractivity contribution in [2.75, 3.05) is 0 Å². The summed E-state index contributed by atoms with van der Waals surface area (Å²) in [5.74, 6) is 0. The molecule has 0 aliphatic heterocycles. The number of nitrogens with zero attached hydrogens (tertiary/aromatic N) is 2. The first-order chi connectivity index (χ1) is 8.51. The predicted octanol–water partition coefficient (Wildman–Crippen LogP) is 3.74. The molecule has 1 aromatic heterocycles. The number of hydrogen-bond acceptors (Lipinski definition) is 2. The van der Waals surface area contributed by atoms with Gasteiger partial charge < -0.3 is 5.32 Å². The van der Waals surface area contributed by atoms with E-state index in [0.717, 1.165) is 13.1 Å². The van der Waals surface area contributed by atoms with Gasteiger partial charge in [-0.3, -0.25) is 4.68 Å². The topological polar surface area (TPSA) is 29.9 Å². The maximum Gasteiger partial charge on any atom is 0.0534 e. The molecule has 0 aliphatic carbocycles. The lowest BCUT2D eigenvalue weighted by Crippen LogP contribution is -2.34. The zero-order valence-electron chi connectivity index (χ0n) is 12.5. The van der Waals surface area contributed by atoms with Crippen molar-refractivity contribution in [2.45, 2.75) is 78.4 Å². The van der Waals surface area contributed by atoms with Crippen molar-refractivity contribution in [3.05, 3.63) is 18.0 Å². The van der Waals surface area contributed by atoms with Crippen LogP contribution in [-0.2, 0) is 13.1 Å². The summed E-state index contributed by atoms with van der Waals surface area (Å²) in [6.45, 7) is 10.8. The van der Waals surface area contributed by atoms with E-state index >= 15 is 0 Å². The molecule has 0 saturated carbocycles. The molecule has 1 N–H and O–H groups in total. The lowest BCUT2D eigenvalue weighted by Gasteiger charge is -2.19. The number of hydrogen-bond donors (Lipinski definition) is 1. The largest absolute Gasteiger partial charge is 0.308 e. The fraction of sp³-hybridized carbons (Fsp3) is 0.800. The quantitative estimate of drug-likeness (QED) is 0.713. The first kappa shape index (κ1) is 15.2. The molecule has 0 aromatic carbocycles. The molecular formula is C15H29N3. The van der Waals surface area contributed by atoms with Crippen LogP contribution in [0.2, 0.25) is 0 Å². The van der Waals surface area contributed by atoms with Gasteiger partial charge in [-0.25, -0.2) is 0 Å². The lowest BCUT2D eigenvalue weighted by molar-refractivity contribution is 0.424. The second-order valence-corrected chi connectivity index (χ2v) is 6.13. The van der Waals surface area contributed by atoms with Crippen molar-refractivity contribution in [2.24, 2.45) is 0 Å². The van der Waals surface area contributed by atoms with E-state index < -0.39 is 0 Å². The molecule has 0 aliphatic rings. The van der Waals surface area contributed by atoms with Gasteiger partial charge in [0.1, 0.15) is 0 Å². The minimum atomic E-state index is 0.169. The van der Waals surface area contributed by atoms with Gasteiger partial charge in [0.05, 0.1) is 6.20 Å². The summed E-state index contributed by atoms with van der Waals surface area (Å²) < 4.78 is 2.08. The molecule has 0 radical (unpaired) electrons. The number of unbranched alkanes of at least 4 members (excludes halogenated alkanes) is 4. The van der Waals surface area contributed by atoms with Gasteiger partial charge in [-0.15, -0.1) is 0 Å². The smallest absolute Gasteiger partial charge is 0.0534 e. The van der Waals surface area contributed by atoms with E-state index in [9.17, 15) is 0 Å². The van der Waals surface area contributed by atoms with Crippen LogP contribution in [0.3, 0.4) is 0 Å². The molecule has 0 amide bonds. The Labute approximate surface area is 112 Å². The van der Waals surface area contributed by atoms with Gasteiger partial charge in [0.2, 0.25) is 0 Å². The van der Waals surface area contributed by atoms with E-state index in [4.69, 9.17) is 0 Å². The summed E-state index contributed by atoms with van der Waals surface area (Å²) in [5.41, 5.74) is 1.45. The third-order valence-electron chi connectivity index (χ3n) is 3.00. The fourth-order valence-corrected chi connectivity index (χ4v) is 1.86. The second-order valence-electron chi connectivity index (χ2n) is 6.13. The van der Waals surface area contributed by atoms with Crippen LogP contribution in [0, 0.1) is 0 Å². The van der Waals surface area contributed by atoms with Crippen LogP contribution >= 0.6 is 0 Å². The Kier molecular flexibility index (Phi) is 6.41. The van der Waals surface area contributed by atoms with Crippen LogP contribution in [0.25, 0.3) is 0 Å². The predicted molar refractivity (Wildman–Crippen MR) is 77.6 cm³/mol. The Hall–Kier alpha value is -0.830. The molecule has 0 atom stereocenters. The third kappa shape index (κ3) is 6.80. The number of nitrogens with one attached hydrogen (secondary N) is 1. The Morgan fingerprint density at radius 1 is 1.17 bits per heavy atom. The zero-order chi connectivity index (χ0) is 13.4. The highest BCUT2D eigenvalue weighted by molar-refractivity contribution is 5.03. The van der Waals surface area contributed by atoms with Gasteiger partial charge in [0.25, 0.3) is 0 Å². The first-order valence-corrected chi connectivity index (χ1v) is 7.27. The van der Waals surface area contributed by atoms with Gasteiger partial charge in [0, 0.05) is 30.4 Å². The van der Waals surface area contributed by atoms with E-state index in [1.807, 2.05) is 6.20 Å². The van der Waals surface area contributed by atoms with Crippen molar-refractivity contribution >= 4 is 0 Å². The van der Waals surface area contributed by atoms with Gasteiger partial charge >= 0.3 is 0 Å². The van der Waals surface area contributed by atoms with E-state index in [1.54, 1.807) is 0 Å². The monoisotopic (exact) mass is 251 g/mol. The summed E-state index contributed by atoms with van der Waals surface area (Å²) in [6, 6.07) is 0. The van der Waals surface area contributed by atoms with Gasteiger partial charge in [-0.1, -0.05) is 32.6 Å². The number of aromatic nitrogens is 2. The van der Waals surface area contributed by atoms with Crippen LogP contribution < -0.4 is 5.32 Å². The van der Waals surface area contributed by atoms with E-state index in [-0.39, 0.29) is 5.54 Å². The lowest BCUT2D eigenvalue weighted by atomic mass is 10.1. The van der Waals surface area contributed by atoms with Gasteiger partial charge in [-0.2, -0.15) is 5.10 Å². The maximum atomic E-state index is 4.41. The first-order valence-electron chi connectivity index (χ1n) is 7.27. The Morgan fingerprint density at radius 2 is 1.89 bits per heavy atom. The molecule has 0 fully saturated rings. The van der Waals surface area contributed by atoms with Crippen molar-refractivity contribution in [3.8, 4) is 0 Å². The van der Waals surface area contributed by atoms with Crippen molar-refractivity contribution in [1.29, 1.82) is 0 Å². The molecule has 1 rings (SSSR count). The summed E-state index contributed by atoms with van der Waals surface area (Å²) >= 11 is 0. The molecule has 0 saturated heterocycles. The van der Waals surface area contributed by atoms with Crippen LogP contribution in [0.1, 0.15) is 65.4 Å². The highest BCUT2D eigenvalue weighted by atomic mass is 15.3. The molecule has 1 aromatic rings. The van der Waals surface area contributed by atoms with Crippen LogP contribution in [0.15, 0.2) is 12.4 Å². The molecule has 18 heavy (non-hydrogen) atoms. The minimum Gasteiger partial charge on any atom is -0.308 e. The van der Waals surface area contributed by atoms with Crippen LogP contribution in [-0.4, -0.2) is 15.3 Å². The van der Waals surface area contributed by atoms with E-state index in [2.05, 4.69) is 49.0 Å². The second kappa shape index (κ2) is 7.57. The average molecular weight is 251 g/mol. The van der Waals surface area contributed by atoms with Gasteiger partial charge in [0.15, 0.2) is 0 Å². The standard InChI is InChI=1S/C15H29N3/c1-5-6-7-8-9-10-18-13-14(12-17-18)11-16-15(2,3)4/h12-13,16H,5-11H2,1-4H3. The maximum absolute atomic E-state index is 4.41. The summed E-state index contributed by atoms with van der Waals surface area (Å²) in [4.78, 5) is 0. The summed E-state index contributed by atoms with van der Waals surface area (Å²) in [6.07, 6.45) is 10.7. The third-order valence-corrected chi connectivity index (χ3v) is 3.00. The highest BCUT2D eigenvalue weighted by Crippen LogP contribution is 2.06. The minimum absolute atomic E-state index is 0.169. The normalized spacial score (nSPS) is 12.0. The average Bonchev–Trinajstić information content (AvgIpc) is 2.73. The van der Waals surface area contributed by atoms with Crippen LogP contribution in [0.4, 0.5) is 0 Å². The summed E-state index contributed by atoms with van der Waals surface area (Å²) in [7, 11) is 0. The SMILES string of the molecule is CCCCCCCn1cc(CNC(C)(C)C)cn1. The molecule has 0 unspecified atom stereocenters. The fourth-order valence-electron chi connectivity index (χ4n) is 1.86. The number of aryl methyl sites for hydroxylation is 1. The number of rotatable bonds is 8. The molecule has 3 heteroatoms. The zero-order valence-corrected chi connectivity index (χ0v) is 12.5. The molecule has 3 nitrogen and oxygen atoms in total. The summed E-state index contributed by atoms with van der Waals surface area (Å²) in [5, 5.41) is 7.89. The Morgan fingerprint density at radius 3 is 2.56 bits per heavy atom. The molecule has 1 heterocycles. The van der Waals surface area contributed by atoms with E-state index in [0.29, 0.717) is 0 Å². The molecular weight excluding hydrogens is 222 g/mol. The van der Waals surface area contributed by atoms with Crippen LogP contribution in [0.5, 0.6) is 0 Å². The molecule has 0 spiro atoms. The van der Waals surface area contributed by atoms with E-state index in [1.165, 1.54) is 37.7 Å². The van der Waals surface area contributed by atoms with Crippen molar-refractivity contribution in [3.63, 3.8) is 0 Å². The van der Waals surface area contributed by atoms with Gasteiger partial charge in [-0.05, 0) is 27.2 Å². The molecule has 0 bridgehead atoms. The highest BCUT2D eigenvalue weighted by Gasteiger charge is 2.08. The van der Waals surface area contributed by atoms with Crippen molar-refractivity contribution in [1.82, 2.24) is 15.1 Å². The Balaban J connectivity index is 2.22.